The minimum absolute atomic E-state index is 0.361. The van der Waals surface area contributed by atoms with E-state index < -0.39 is 24.2 Å². The van der Waals surface area contributed by atoms with E-state index in [-0.39, 0.29) is 5.56 Å². The molecule has 4 heteroatoms. The van der Waals surface area contributed by atoms with Crippen LogP contribution in [0.15, 0.2) is 18.2 Å². The van der Waals surface area contributed by atoms with Crippen molar-refractivity contribution in [3.63, 3.8) is 0 Å². The Bertz CT molecular complexity index is 547. The highest BCUT2D eigenvalue weighted by Crippen LogP contribution is 2.26. The zero-order valence-electron chi connectivity index (χ0n) is 12.0. The van der Waals surface area contributed by atoms with Crippen molar-refractivity contribution in [2.75, 3.05) is 6.98 Å². The van der Waals surface area contributed by atoms with E-state index in [0.29, 0.717) is 5.56 Å². The summed E-state index contributed by atoms with van der Waals surface area (Å²) in [7, 11) is 0. The van der Waals surface area contributed by atoms with Crippen LogP contribution in [0, 0.1) is 12.4 Å². The zero-order chi connectivity index (χ0) is 14.8. The number of hydrogen-bond donors (Lipinski definition) is 1. The van der Waals surface area contributed by atoms with Crippen LogP contribution in [0.1, 0.15) is 33.9 Å². The third-order valence-corrected chi connectivity index (χ3v) is 2.31. The van der Waals surface area contributed by atoms with Crippen molar-refractivity contribution in [2.45, 2.75) is 19.4 Å². The third-order valence-electron chi connectivity index (χ3n) is 2.31. The normalized spacial score (nSPS) is 14.2. The molecule has 0 aliphatic heterocycles. The molecule has 1 rings (SSSR count). The number of nitrogens with zero attached hydrogens (tertiary/aromatic N) is 1. The summed E-state index contributed by atoms with van der Waals surface area (Å²) in [5, 5.41) is 1.71. The Morgan fingerprint density at radius 2 is 2.31 bits per heavy atom. The molecule has 0 aliphatic rings. The molecule has 1 aromatic rings. The van der Waals surface area contributed by atoms with Crippen LogP contribution in [0.25, 0.3) is 4.85 Å². The second-order valence-electron chi connectivity index (χ2n) is 3.82. The van der Waals surface area contributed by atoms with Crippen LogP contribution in [0.2, 0.25) is 0 Å². The van der Waals surface area contributed by atoms with Gasteiger partial charge in [-0.2, -0.15) is 0 Å². The van der Waals surface area contributed by atoms with E-state index in [1.165, 1.54) is 12.1 Å². The van der Waals surface area contributed by atoms with Crippen LogP contribution in [0.4, 0.5) is 4.39 Å². The average Bonchev–Trinajstić information content (AvgIpc) is 2.26. The van der Waals surface area contributed by atoms with Crippen LogP contribution in [0.3, 0.4) is 0 Å². The van der Waals surface area contributed by atoms with Crippen LogP contribution in [-0.4, -0.2) is 12.9 Å². The number of amides is 1. The third kappa shape index (κ3) is 2.19. The maximum Gasteiger partial charge on any atom is 0.253 e. The largest absolute Gasteiger partial charge is 0.355 e. The second kappa shape index (κ2) is 4.31. The maximum absolute atomic E-state index is 13.8. The lowest BCUT2D eigenvalue weighted by molar-refractivity contribution is 0.0959. The Hall–Kier alpha value is -1.89. The first-order valence-corrected chi connectivity index (χ1v) is 4.58. The minimum atomic E-state index is -2.67. The quantitative estimate of drug-likeness (QED) is 0.767. The monoisotopic (exact) mass is 223 g/mol. The standard InChI is InChI=1S/C12H13FN2O/c1-12(2,15-4)8-5-6-9(10(13)7-8)11(16)14-3/h5-7H,1-3H3,(H,14,16)/i3D3. The van der Waals surface area contributed by atoms with E-state index in [1.54, 1.807) is 19.2 Å². The highest BCUT2D eigenvalue weighted by molar-refractivity contribution is 5.94. The van der Waals surface area contributed by atoms with Gasteiger partial charge in [-0.25, -0.2) is 11.0 Å². The maximum atomic E-state index is 13.8. The van der Waals surface area contributed by atoms with Crippen molar-refractivity contribution in [3.05, 3.63) is 46.6 Å². The number of carbonyl (C=O) groups is 1. The molecule has 0 saturated heterocycles. The van der Waals surface area contributed by atoms with E-state index in [0.717, 1.165) is 6.07 Å². The Morgan fingerprint density at radius 1 is 1.62 bits per heavy atom. The van der Waals surface area contributed by atoms with Crippen LogP contribution < -0.4 is 5.32 Å². The van der Waals surface area contributed by atoms with Gasteiger partial charge in [0.25, 0.3) is 11.4 Å². The molecule has 16 heavy (non-hydrogen) atoms. The molecule has 84 valence electrons. The Labute approximate surface area is 98.3 Å². The average molecular weight is 223 g/mol. The molecule has 0 saturated carbocycles. The fourth-order valence-corrected chi connectivity index (χ4v) is 1.21. The van der Waals surface area contributed by atoms with Gasteiger partial charge in [0.05, 0.1) is 5.56 Å². The van der Waals surface area contributed by atoms with E-state index >= 15 is 0 Å². The topological polar surface area (TPSA) is 33.5 Å². The molecule has 0 aromatic heterocycles. The molecule has 1 N–H and O–H groups in total. The van der Waals surface area contributed by atoms with Gasteiger partial charge in [-0.3, -0.25) is 4.79 Å². The first-order chi connectivity index (χ1) is 8.57. The predicted octanol–water partition coefficient (Wildman–Crippen LogP) is 2.34. The van der Waals surface area contributed by atoms with Crippen LogP contribution in [0.5, 0.6) is 0 Å². The molecule has 0 spiro atoms. The number of hydrogen-bond acceptors (Lipinski definition) is 1. The Balaban J connectivity index is 3.09. The molecule has 1 amide bonds. The summed E-state index contributed by atoms with van der Waals surface area (Å²) >= 11 is 0. The van der Waals surface area contributed by atoms with E-state index in [2.05, 4.69) is 4.85 Å². The highest BCUT2D eigenvalue weighted by atomic mass is 19.1. The van der Waals surface area contributed by atoms with Gasteiger partial charge in [0.2, 0.25) is 0 Å². The summed E-state index contributed by atoms with van der Waals surface area (Å²) in [6, 6.07) is 3.70. The van der Waals surface area contributed by atoms with Crippen LogP contribution in [-0.2, 0) is 5.54 Å². The molecule has 0 radical (unpaired) electrons. The van der Waals surface area contributed by atoms with Gasteiger partial charge in [-0.15, -0.1) is 0 Å². The number of nitrogens with one attached hydrogen (secondary N) is 1. The lowest BCUT2D eigenvalue weighted by atomic mass is 9.94. The van der Waals surface area contributed by atoms with Gasteiger partial charge in [0.15, 0.2) is 0 Å². The van der Waals surface area contributed by atoms with Crippen molar-refractivity contribution in [1.82, 2.24) is 5.32 Å². The number of halogens is 1. The van der Waals surface area contributed by atoms with E-state index in [9.17, 15) is 9.18 Å². The van der Waals surface area contributed by atoms with Gasteiger partial charge in [0, 0.05) is 30.5 Å². The molecule has 0 bridgehead atoms. The van der Waals surface area contributed by atoms with Crippen molar-refractivity contribution in [1.29, 1.82) is 0 Å². The lowest BCUT2D eigenvalue weighted by Gasteiger charge is -2.12. The van der Waals surface area contributed by atoms with Crippen LogP contribution >= 0.6 is 0 Å². The van der Waals surface area contributed by atoms with Crippen molar-refractivity contribution in [3.8, 4) is 0 Å². The molecule has 0 atom stereocenters. The van der Waals surface area contributed by atoms with Crippen molar-refractivity contribution >= 4 is 5.91 Å². The highest BCUT2D eigenvalue weighted by Gasteiger charge is 2.27. The first kappa shape index (κ1) is 8.28. The fraction of sp³-hybridized carbons (Fsp3) is 0.333. The second-order valence-corrected chi connectivity index (χ2v) is 3.82. The molecule has 3 nitrogen and oxygen atoms in total. The van der Waals surface area contributed by atoms with Gasteiger partial charge < -0.3 is 10.2 Å². The molecular formula is C12H13FN2O. The molecule has 0 fully saturated rings. The zero-order valence-corrected chi connectivity index (χ0v) is 8.97. The Kier molecular flexibility index (Phi) is 2.23. The molecular weight excluding hydrogens is 207 g/mol. The fourth-order valence-electron chi connectivity index (χ4n) is 1.21. The SMILES string of the molecule is [2H]C([2H])([2H])NC(=O)c1ccc(C(C)(C)[N+]#[C-])cc1F. The summed E-state index contributed by atoms with van der Waals surface area (Å²) in [4.78, 5) is 14.9. The predicted molar refractivity (Wildman–Crippen MR) is 59.4 cm³/mol. The lowest BCUT2D eigenvalue weighted by Crippen LogP contribution is -2.20. The van der Waals surface area contributed by atoms with E-state index in [4.69, 9.17) is 10.7 Å². The minimum Gasteiger partial charge on any atom is -0.355 e. The molecule has 0 unspecified atom stereocenters. The number of rotatable bonds is 2. The first-order valence-electron chi connectivity index (χ1n) is 6.08. The molecule has 0 aliphatic carbocycles. The molecule has 1 aromatic carbocycles. The summed E-state index contributed by atoms with van der Waals surface area (Å²) in [5.41, 5.74) is -0.842. The van der Waals surface area contributed by atoms with Crippen molar-refractivity contribution in [2.24, 2.45) is 0 Å². The summed E-state index contributed by atoms with van der Waals surface area (Å²) in [5.74, 6) is -1.86. The summed E-state index contributed by atoms with van der Waals surface area (Å²) in [6.45, 7) is 7.59. The smallest absolute Gasteiger partial charge is 0.253 e. The van der Waals surface area contributed by atoms with Gasteiger partial charge in [0.1, 0.15) is 5.82 Å². The molecule has 0 heterocycles. The van der Waals surface area contributed by atoms with Gasteiger partial charge in [-0.05, 0) is 12.1 Å². The van der Waals surface area contributed by atoms with E-state index in [1.807, 2.05) is 0 Å². The van der Waals surface area contributed by atoms with Crippen molar-refractivity contribution < 1.29 is 13.3 Å². The summed E-state index contributed by atoms with van der Waals surface area (Å²) in [6.07, 6.45) is 0. The summed E-state index contributed by atoms with van der Waals surface area (Å²) < 4.78 is 34.5. The Morgan fingerprint density at radius 3 is 2.81 bits per heavy atom. The van der Waals surface area contributed by atoms with Gasteiger partial charge in [-0.1, -0.05) is 6.07 Å². The van der Waals surface area contributed by atoms with Gasteiger partial charge >= 0.3 is 0 Å². The number of benzene rings is 1. The number of carbonyl (C=O) groups excluding carboxylic acids is 1.